The van der Waals surface area contributed by atoms with Crippen molar-refractivity contribution in [2.24, 2.45) is 17.8 Å². The molecule has 0 saturated heterocycles. The molecule has 198 valence electrons. The number of anilines is 1. The number of carbonyl (C=O) groups excluding carboxylic acids is 4. The van der Waals surface area contributed by atoms with E-state index in [1.54, 1.807) is 31.2 Å². The topological polar surface area (TPSA) is 108 Å². The number of hydrogen-bond donors (Lipinski definition) is 1. The molecular weight excluding hydrogens is 474 g/mol. The molecule has 0 unspecified atom stereocenters. The first-order valence-corrected chi connectivity index (χ1v) is 12.7. The normalized spacial score (nSPS) is 19.1. The van der Waals surface area contributed by atoms with E-state index in [1.807, 2.05) is 0 Å². The molecule has 3 atom stereocenters. The number of ether oxygens (including phenoxy) is 3. The average Bonchev–Trinajstić information content (AvgIpc) is 2.87. The molecular formula is C29H35NO7. The minimum Gasteiger partial charge on any atom is -0.462 e. The molecule has 0 spiro atoms. The van der Waals surface area contributed by atoms with Crippen molar-refractivity contribution in [3.05, 3.63) is 65.2 Å². The van der Waals surface area contributed by atoms with Gasteiger partial charge in [0.1, 0.15) is 6.10 Å². The molecule has 1 saturated carbocycles. The molecule has 37 heavy (non-hydrogen) atoms. The number of amides is 1. The Morgan fingerprint density at radius 3 is 2.16 bits per heavy atom. The average molecular weight is 510 g/mol. The second-order valence-electron chi connectivity index (χ2n) is 9.74. The van der Waals surface area contributed by atoms with Crippen molar-refractivity contribution in [1.29, 1.82) is 0 Å². The van der Waals surface area contributed by atoms with E-state index in [4.69, 9.17) is 14.2 Å². The Kier molecular flexibility index (Phi) is 9.83. The van der Waals surface area contributed by atoms with Gasteiger partial charge >= 0.3 is 17.9 Å². The summed E-state index contributed by atoms with van der Waals surface area (Å²) in [6, 6.07) is 12.4. The van der Waals surface area contributed by atoms with E-state index < -0.39 is 30.4 Å². The molecule has 0 aliphatic heterocycles. The van der Waals surface area contributed by atoms with Crippen LogP contribution in [-0.2, 0) is 19.0 Å². The number of nitrogens with one attached hydrogen (secondary N) is 1. The molecule has 1 N–H and O–H groups in total. The Morgan fingerprint density at radius 2 is 1.54 bits per heavy atom. The van der Waals surface area contributed by atoms with Crippen LogP contribution in [0, 0.1) is 17.8 Å². The Balaban J connectivity index is 1.59. The maximum Gasteiger partial charge on any atom is 0.339 e. The molecule has 0 heterocycles. The van der Waals surface area contributed by atoms with Crippen molar-refractivity contribution in [1.82, 2.24) is 0 Å². The maximum atomic E-state index is 13.1. The molecule has 1 amide bonds. The van der Waals surface area contributed by atoms with Gasteiger partial charge in [-0.3, -0.25) is 4.79 Å². The van der Waals surface area contributed by atoms with Gasteiger partial charge in [-0.1, -0.05) is 39.3 Å². The molecule has 0 bridgehead atoms. The van der Waals surface area contributed by atoms with Crippen LogP contribution in [0.2, 0.25) is 0 Å². The van der Waals surface area contributed by atoms with Gasteiger partial charge in [-0.05, 0) is 73.9 Å². The molecule has 8 heteroatoms. The number of carbonyl (C=O) groups is 4. The Bertz CT molecular complexity index is 1110. The number of hydrogen-bond acceptors (Lipinski definition) is 7. The van der Waals surface area contributed by atoms with Gasteiger partial charge < -0.3 is 19.5 Å². The zero-order valence-electron chi connectivity index (χ0n) is 21.8. The number of rotatable bonds is 9. The summed E-state index contributed by atoms with van der Waals surface area (Å²) in [7, 11) is 0. The largest absolute Gasteiger partial charge is 0.462 e. The fraction of sp³-hybridized carbons (Fsp3) is 0.448. The summed E-state index contributed by atoms with van der Waals surface area (Å²) in [6.07, 6.45) is 2.70. The zero-order valence-corrected chi connectivity index (χ0v) is 21.8. The lowest BCUT2D eigenvalue weighted by atomic mass is 9.75. The highest BCUT2D eigenvalue weighted by molar-refractivity contribution is 6.04. The van der Waals surface area contributed by atoms with Crippen molar-refractivity contribution in [2.75, 3.05) is 18.5 Å². The third-order valence-electron chi connectivity index (χ3n) is 6.60. The third kappa shape index (κ3) is 7.65. The Hall–Kier alpha value is -3.68. The van der Waals surface area contributed by atoms with Crippen LogP contribution in [0.15, 0.2) is 48.5 Å². The van der Waals surface area contributed by atoms with Gasteiger partial charge in [0.15, 0.2) is 6.61 Å². The van der Waals surface area contributed by atoms with Crippen LogP contribution in [0.3, 0.4) is 0 Å². The van der Waals surface area contributed by atoms with Crippen LogP contribution >= 0.6 is 0 Å². The molecule has 0 aromatic heterocycles. The summed E-state index contributed by atoms with van der Waals surface area (Å²) in [6.45, 7) is 7.86. The van der Waals surface area contributed by atoms with Crippen molar-refractivity contribution in [3.8, 4) is 0 Å². The maximum absolute atomic E-state index is 13.1. The van der Waals surface area contributed by atoms with Gasteiger partial charge in [0.25, 0.3) is 5.91 Å². The predicted molar refractivity (Wildman–Crippen MR) is 138 cm³/mol. The van der Waals surface area contributed by atoms with Crippen LogP contribution in [0.1, 0.15) is 78.0 Å². The number of benzene rings is 2. The minimum atomic E-state index is -0.794. The first-order chi connectivity index (χ1) is 17.7. The van der Waals surface area contributed by atoms with Crippen LogP contribution in [0.5, 0.6) is 0 Å². The smallest absolute Gasteiger partial charge is 0.339 e. The van der Waals surface area contributed by atoms with Crippen LogP contribution in [-0.4, -0.2) is 43.1 Å². The first-order valence-electron chi connectivity index (χ1n) is 12.7. The third-order valence-corrected chi connectivity index (χ3v) is 6.60. The van der Waals surface area contributed by atoms with Gasteiger partial charge in [0, 0.05) is 5.69 Å². The van der Waals surface area contributed by atoms with Crippen molar-refractivity contribution in [2.45, 2.75) is 53.1 Å². The van der Waals surface area contributed by atoms with E-state index in [-0.39, 0.29) is 29.8 Å². The SMILES string of the molecule is CCOC(=O)c1ccc(NC(=O)COC(=O)c2ccccc2C(=O)O[C@@H]2C[C@H](C)CC[C@H]2C(C)C)cc1. The molecule has 2 aromatic rings. The van der Waals surface area contributed by atoms with Crippen molar-refractivity contribution in [3.63, 3.8) is 0 Å². The quantitative estimate of drug-likeness (QED) is 0.362. The van der Waals surface area contributed by atoms with Crippen molar-refractivity contribution < 1.29 is 33.4 Å². The van der Waals surface area contributed by atoms with E-state index in [9.17, 15) is 19.2 Å². The van der Waals surface area contributed by atoms with E-state index in [2.05, 4.69) is 26.1 Å². The minimum absolute atomic E-state index is 0.0454. The molecule has 3 rings (SSSR count). The summed E-state index contributed by atoms with van der Waals surface area (Å²) in [4.78, 5) is 49.9. The lowest BCUT2D eigenvalue weighted by molar-refractivity contribution is -0.119. The highest BCUT2D eigenvalue weighted by atomic mass is 16.5. The standard InChI is InChI=1S/C29H35NO7/c1-5-35-27(32)20-11-13-21(14-12-20)30-26(31)17-36-28(33)23-8-6-7-9-24(23)29(34)37-25-16-19(4)10-15-22(25)18(2)3/h6-9,11-14,18-19,22,25H,5,10,15-17H2,1-4H3,(H,30,31)/t19-,22+,25-/m1/s1. The molecule has 0 radical (unpaired) electrons. The zero-order chi connectivity index (χ0) is 26.9. The summed E-state index contributed by atoms with van der Waals surface area (Å²) >= 11 is 0. The van der Waals surface area contributed by atoms with Gasteiger partial charge in [-0.25, -0.2) is 14.4 Å². The second-order valence-corrected chi connectivity index (χ2v) is 9.74. The highest BCUT2D eigenvalue weighted by Crippen LogP contribution is 2.35. The van der Waals surface area contributed by atoms with Crippen molar-refractivity contribution >= 4 is 29.5 Å². The van der Waals surface area contributed by atoms with Crippen LogP contribution in [0.4, 0.5) is 5.69 Å². The van der Waals surface area contributed by atoms with E-state index in [1.165, 1.54) is 24.3 Å². The second kappa shape index (κ2) is 13.0. The van der Waals surface area contributed by atoms with Gasteiger partial charge in [-0.2, -0.15) is 0 Å². The Labute approximate surface area is 217 Å². The fourth-order valence-electron chi connectivity index (χ4n) is 4.60. The van der Waals surface area contributed by atoms with E-state index >= 15 is 0 Å². The molecule has 1 aliphatic rings. The summed E-state index contributed by atoms with van der Waals surface area (Å²) in [5, 5.41) is 2.60. The fourth-order valence-corrected chi connectivity index (χ4v) is 4.60. The first kappa shape index (κ1) is 27.9. The monoisotopic (exact) mass is 509 g/mol. The molecule has 2 aromatic carbocycles. The molecule has 8 nitrogen and oxygen atoms in total. The van der Waals surface area contributed by atoms with E-state index in [0.717, 1.165) is 19.3 Å². The molecule has 1 fully saturated rings. The lowest BCUT2D eigenvalue weighted by Gasteiger charge is -2.36. The van der Waals surface area contributed by atoms with E-state index in [0.29, 0.717) is 23.1 Å². The summed E-state index contributed by atoms with van der Waals surface area (Å²) in [5.74, 6) is -1.26. The van der Waals surface area contributed by atoms with Gasteiger partial charge in [0.2, 0.25) is 0 Å². The van der Waals surface area contributed by atoms with Crippen LogP contribution in [0.25, 0.3) is 0 Å². The lowest BCUT2D eigenvalue weighted by Crippen LogP contribution is -2.36. The molecule has 1 aliphatic carbocycles. The van der Waals surface area contributed by atoms with Gasteiger partial charge in [0.05, 0.1) is 23.3 Å². The van der Waals surface area contributed by atoms with Gasteiger partial charge in [-0.15, -0.1) is 0 Å². The Morgan fingerprint density at radius 1 is 0.892 bits per heavy atom. The predicted octanol–water partition coefficient (Wildman–Crippen LogP) is 5.28. The number of esters is 3. The highest BCUT2D eigenvalue weighted by Gasteiger charge is 2.34. The summed E-state index contributed by atoms with van der Waals surface area (Å²) < 4.78 is 16.0. The van der Waals surface area contributed by atoms with Crippen LogP contribution < -0.4 is 5.32 Å². The summed E-state index contributed by atoms with van der Waals surface area (Å²) in [5.41, 5.74) is 0.948.